The van der Waals surface area contributed by atoms with Crippen molar-refractivity contribution in [1.82, 2.24) is 25.5 Å². The van der Waals surface area contributed by atoms with Gasteiger partial charge in [-0.1, -0.05) is 12.1 Å². The van der Waals surface area contributed by atoms with E-state index in [4.69, 9.17) is 9.47 Å². The lowest BCUT2D eigenvalue weighted by Gasteiger charge is -2.30. The van der Waals surface area contributed by atoms with Gasteiger partial charge in [-0.3, -0.25) is 9.78 Å². The van der Waals surface area contributed by atoms with Crippen LogP contribution in [0.1, 0.15) is 34.1 Å². The van der Waals surface area contributed by atoms with Crippen LogP contribution < -0.4 is 10.1 Å². The van der Waals surface area contributed by atoms with E-state index in [1.165, 1.54) is 0 Å². The molecule has 0 spiro atoms. The maximum Gasteiger partial charge on any atom is 0.251 e. The summed E-state index contributed by atoms with van der Waals surface area (Å²) in [5.41, 5.74) is 4.36. The summed E-state index contributed by atoms with van der Waals surface area (Å²) < 4.78 is 10.7. The molecule has 0 radical (unpaired) electrons. The number of rotatable bonds is 5. The van der Waals surface area contributed by atoms with Crippen molar-refractivity contribution in [3.63, 3.8) is 0 Å². The van der Waals surface area contributed by atoms with Gasteiger partial charge in [-0.05, 0) is 48.4 Å². The summed E-state index contributed by atoms with van der Waals surface area (Å²) in [6.45, 7) is 2.77. The van der Waals surface area contributed by atoms with E-state index in [-0.39, 0.29) is 12.5 Å². The van der Waals surface area contributed by atoms with E-state index < -0.39 is 5.41 Å². The maximum atomic E-state index is 12.9. The predicted octanol–water partition coefficient (Wildman–Crippen LogP) is 3.34. The Labute approximate surface area is 201 Å². The molecule has 1 N–H and O–H groups in total. The topological polar surface area (TPSA) is 123 Å². The molecule has 9 heteroatoms. The molecule has 1 aliphatic rings. The number of carbonyl (C=O) groups is 1. The Kier molecular flexibility index (Phi) is 5.81. The van der Waals surface area contributed by atoms with Gasteiger partial charge in [0.2, 0.25) is 5.88 Å². The van der Waals surface area contributed by atoms with Crippen LogP contribution in [0.5, 0.6) is 5.88 Å². The summed E-state index contributed by atoms with van der Waals surface area (Å²) in [5.74, 6) is 0.186. The normalized spacial score (nSPS) is 16.8. The van der Waals surface area contributed by atoms with E-state index in [9.17, 15) is 10.1 Å². The zero-order valence-electron chi connectivity index (χ0n) is 19.3. The van der Waals surface area contributed by atoms with Gasteiger partial charge in [0, 0.05) is 16.5 Å². The molecule has 1 amide bonds. The molecule has 0 unspecified atom stereocenters. The molecule has 2 aromatic heterocycles. The highest BCUT2D eigenvalue weighted by Gasteiger charge is 2.33. The molecule has 4 aromatic rings. The van der Waals surface area contributed by atoms with Crippen LogP contribution in [-0.4, -0.2) is 39.8 Å². The second-order valence-electron chi connectivity index (χ2n) is 8.55. The number of nitrogens with zero attached hydrogens (tertiary/aromatic N) is 5. The predicted molar refractivity (Wildman–Crippen MR) is 127 cm³/mol. The number of hydrogen-bond acceptors (Lipinski definition) is 8. The summed E-state index contributed by atoms with van der Waals surface area (Å²) in [7, 11) is 1.55. The highest BCUT2D eigenvalue weighted by molar-refractivity contribution is 5.94. The van der Waals surface area contributed by atoms with Gasteiger partial charge in [-0.2, -0.15) is 15.5 Å². The van der Waals surface area contributed by atoms with Crippen molar-refractivity contribution in [1.29, 1.82) is 5.26 Å². The van der Waals surface area contributed by atoms with E-state index in [1.807, 2.05) is 37.3 Å². The molecule has 9 nitrogen and oxygen atoms in total. The van der Waals surface area contributed by atoms with Crippen LogP contribution in [0.25, 0.3) is 22.2 Å². The Balaban J connectivity index is 1.35. The average molecular weight is 467 g/mol. The first-order chi connectivity index (χ1) is 17.0. The van der Waals surface area contributed by atoms with Crippen molar-refractivity contribution >= 4 is 16.8 Å². The van der Waals surface area contributed by atoms with Gasteiger partial charge in [0.05, 0.1) is 62.2 Å². The highest BCUT2D eigenvalue weighted by Crippen LogP contribution is 2.32. The zero-order chi connectivity index (χ0) is 24.4. The standard InChI is InChI=1S/C26H22N6O3/c1-26(14-27)15-35-13-18-4-3-17(9-21(18)26)25(33)29-10-20-8-19-7-16(5-6-22(19)32-31-20)23-11-28-12-24(30-23)34-2/h3-9,11-12H,10,13,15H2,1-2H3,(H,29,33)/t26-/m1/s1. The first kappa shape index (κ1) is 22.4. The third kappa shape index (κ3) is 4.39. The van der Waals surface area contributed by atoms with Crippen molar-refractivity contribution in [2.75, 3.05) is 13.7 Å². The van der Waals surface area contributed by atoms with Gasteiger partial charge in [-0.15, -0.1) is 0 Å². The summed E-state index contributed by atoms with van der Waals surface area (Å²) in [4.78, 5) is 21.5. The first-order valence-corrected chi connectivity index (χ1v) is 11.0. The Morgan fingerprint density at radius 1 is 1.20 bits per heavy atom. The quantitative estimate of drug-likeness (QED) is 0.475. The lowest BCUT2D eigenvalue weighted by molar-refractivity contribution is 0.0757. The zero-order valence-corrected chi connectivity index (χ0v) is 19.3. The van der Waals surface area contributed by atoms with Crippen LogP contribution in [0, 0.1) is 11.3 Å². The fourth-order valence-electron chi connectivity index (χ4n) is 4.08. The molecule has 5 rings (SSSR count). The Morgan fingerprint density at radius 3 is 2.91 bits per heavy atom. The minimum Gasteiger partial charge on any atom is -0.480 e. The third-order valence-electron chi connectivity index (χ3n) is 6.04. The SMILES string of the molecule is COc1cncc(-c2ccc3nnc(CNC(=O)c4ccc5c(c4)[C@](C)(C#N)COC5)cc3c2)n1. The van der Waals surface area contributed by atoms with Crippen molar-refractivity contribution in [2.24, 2.45) is 0 Å². The van der Waals surface area contributed by atoms with E-state index >= 15 is 0 Å². The first-order valence-electron chi connectivity index (χ1n) is 11.0. The smallest absolute Gasteiger partial charge is 0.251 e. The van der Waals surface area contributed by atoms with Crippen LogP contribution >= 0.6 is 0 Å². The number of fused-ring (bicyclic) bond motifs is 2. The summed E-state index contributed by atoms with van der Waals surface area (Å²) in [6, 6.07) is 15.3. The second-order valence-corrected chi connectivity index (χ2v) is 8.55. The number of nitriles is 1. The molecular formula is C26H22N6O3. The molecule has 0 saturated carbocycles. The summed E-state index contributed by atoms with van der Waals surface area (Å²) in [6.07, 6.45) is 3.22. The lowest BCUT2D eigenvalue weighted by atomic mass is 9.79. The largest absolute Gasteiger partial charge is 0.480 e. The molecule has 2 aromatic carbocycles. The Morgan fingerprint density at radius 2 is 2.09 bits per heavy atom. The molecule has 174 valence electrons. The molecular weight excluding hydrogens is 444 g/mol. The van der Waals surface area contributed by atoms with Crippen LogP contribution in [0.15, 0.2) is 54.9 Å². The van der Waals surface area contributed by atoms with Crippen molar-refractivity contribution in [2.45, 2.75) is 25.5 Å². The number of amides is 1. The van der Waals surface area contributed by atoms with Gasteiger partial charge in [0.15, 0.2) is 0 Å². The average Bonchev–Trinajstić information content (AvgIpc) is 2.91. The lowest BCUT2D eigenvalue weighted by Crippen LogP contribution is -2.33. The minimum absolute atomic E-state index is 0.209. The maximum absolute atomic E-state index is 12.9. The number of methoxy groups -OCH3 is 1. The van der Waals surface area contributed by atoms with E-state index in [0.717, 1.165) is 27.6 Å². The molecule has 1 aliphatic heterocycles. The van der Waals surface area contributed by atoms with Crippen LogP contribution in [0.4, 0.5) is 0 Å². The Hall–Kier alpha value is -4.42. The van der Waals surface area contributed by atoms with Gasteiger partial charge < -0.3 is 14.8 Å². The van der Waals surface area contributed by atoms with Gasteiger partial charge in [0.25, 0.3) is 5.91 Å². The molecule has 0 saturated heterocycles. The number of nitrogens with one attached hydrogen (secondary N) is 1. The molecule has 0 fully saturated rings. The highest BCUT2D eigenvalue weighted by atomic mass is 16.5. The van der Waals surface area contributed by atoms with E-state index in [1.54, 1.807) is 31.6 Å². The molecule has 0 bridgehead atoms. The Bertz CT molecular complexity index is 1480. The molecule has 3 heterocycles. The number of carbonyl (C=O) groups excluding carboxylic acids is 1. The number of ether oxygens (including phenoxy) is 2. The van der Waals surface area contributed by atoms with Gasteiger partial charge in [-0.25, -0.2) is 4.98 Å². The van der Waals surface area contributed by atoms with Crippen molar-refractivity contribution < 1.29 is 14.3 Å². The fourth-order valence-corrected chi connectivity index (χ4v) is 4.08. The number of benzene rings is 2. The molecule has 35 heavy (non-hydrogen) atoms. The fraction of sp³-hybridized carbons (Fsp3) is 0.231. The monoisotopic (exact) mass is 466 g/mol. The number of aromatic nitrogens is 4. The van der Waals surface area contributed by atoms with E-state index in [0.29, 0.717) is 36.0 Å². The minimum atomic E-state index is -0.779. The number of hydrogen-bond donors (Lipinski definition) is 1. The van der Waals surface area contributed by atoms with Gasteiger partial charge >= 0.3 is 0 Å². The van der Waals surface area contributed by atoms with Crippen molar-refractivity contribution in [3.8, 4) is 23.2 Å². The second kappa shape index (κ2) is 9.08. The summed E-state index contributed by atoms with van der Waals surface area (Å²) >= 11 is 0. The van der Waals surface area contributed by atoms with Crippen LogP contribution in [-0.2, 0) is 23.3 Å². The summed E-state index contributed by atoms with van der Waals surface area (Å²) in [5, 5.41) is 21.9. The van der Waals surface area contributed by atoms with Crippen molar-refractivity contribution in [3.05, 3.63) is 77.2 Å². The molecule has 0 aliphatic carbocycles. The third-order valence-corrected chi connectivity index (χ3v) is 6.04. The van der Waals surface area contributed by atoms with Crippen LogP contribution in [0.2, 0.25) is 0 Å². The molecule has 1 atom stereocenters. The van der Waals surface area contributed by atoms with Crippen LogP contribution in [0.3, 0.4) is 0 Å². The van der Waals surface area contributed by atoms with E-state index in [2.05, 4.69) is 31.6 Å². The van der Waals surface area contributed by atoms with Gasteiger partial charge in [0.1, 0.15) is 5.41 Å².